The molecule has 1 heterocycles. The molecule has 0 aromatic carbocycles. The van der Waals surface area contributed by atoms with Crippen molar-refractivity contribution in [3.8, 4) is 12.3 Å². The van der Waals surface area contributed by atoms with Crippen molar-refractivity contribution in [1.29, 1.82) is 0 Å². The number of amides is 1. The van der Waals surface area contributed by atoms with Crippen molar-refractivity contribution >= 4 is 6.09 Å². The molecular formula is C9H14N2O3. The molecule has 1 fully saturated rings. The lowest BCUT2D eigenvalue weighted by molar-refractivity contribution is -0.0509. The topological polar surface area (TPSA) is 64.8 Å². The zero-order valence-corrected chi connectivity index (χ0v) is 7.94. The SMILES string of the molecule is C#CCN1CCOC(COC(N)=O)C1. The molecule has 0 bridgehead atoms. The van der Waals surface area contributed by atoms with Crippen molar-refractivity contribution in [2.75, 3.05) is 32.8 Å². The molecule has 0 aromatic heterocycles. The molecule has 1 amide bonds. The summed E-state index contributed by atoms with van der Waals surface area (Å²) in [7, 11) is 0. The Kier molecular flexibility index (Phi) is 4.23. The highest BCUT2D eigenvalue weighted by Gasteiger charge is 2.20. The Hall–Kier alpha value is -1.25. The van der Waals surface area contributed by atoms with E-state index in [0.29, 0.717) is 19.7 Å². The lowest BCUT2D eigenvalue weighted by Crippen LogP contribution is -2.44. The van der Waals surface area contributed by atoms with E-state index in [9.17, 15) is 4.79 Å². The van der Waals surface area contributed by atoms with Crippen LogP contribution in [0.5, 0.6) is 0 Å². The molecular weight excluding hydrogens is 184 g/mol. The van der Waals surface area contributed by atoms with Gasteiger partial charge < -0.3 is 15.2 Å². The van der Waals surface area contributed by atoms with E-state index in [1.807, 2.05) is 0 Å². The number of hydrogen-bond acceptors (Lipinski definition) is 4. The fourth-order valence-electron chi connectivity index (χ4n) is 1.33. The maximum absolute atomic E-state index is 10.3. The lowest BCUT2D eigenvalue weighted by atomic mass is 10.3. The van der Waals surface area contributed by atoms with Crippen LogP contribution in [0.1, 0.15) is 0 Å². The molecule has 78 valence electrons. The van der Waals surface area contributed by atoms with E-state index in [2.05, 4.69) is 15.6 Å². The van der Waals surface area contributed by atoms with Crippen molar-refractivity contribution in [2.24, 2.45) is 5.73 Å². The first-order valence-corrected chi connectivity index (χ1v) is 4.42. The van der Waals surface area contributed by atoms with E-state index in [0.717, 1.165) is 6.54 Å². The van der Waals surface area contributed by atoms with Crippen LogP contribution in [0.25, 0.3) is 0 Å². The summed E-state index contributed by atoms with van der Waals surface area (Å²) in [5, 5.41) is 0. The second-order valence-corrected chi connectivity index (χ2v) is 3.06. The summed E-state index contributed by atoms with van der Waals surface area (Å²) >= 11 is 0. The quantitative estimate of drug-likeness (QED) is 0.616. The number of nitrogens with two attached hydrogens (primary N) is 1. The molecule has 1 unspecified atom stereocenters. The molecule has 2 N–H and O–H groups in total. The third kappa shape index (κ3) is 3.64. The van der Waals surface area contributed by atoms with Crippen molar-refractivity contribution < 1.29 is 14.3 Å². The summed E-state index contributed by atoms with van der Waals surface area (Å²) in [4.78, 5) is 12.4. The first-order valence-electron chi connectivity index (χ1n) is 4.42. The smallest absolute Gasteiger partial charge is 0.404 e. The van der Waals surface area contributed by atoms with Crippen molar-refractivity contribution in [1.82, 2.24) is 4.90 Å². The average molecular weight is 198 g/mol. The zero-order valence-electron chi connectivity index (χ0n) is 7.94. The van der Waals surface area contributed by atoms with Gasteiger partial charge in [0.1, 0.15) is 12.7 Å². The molecule has 0 aromatic rings. The Bertz CT molecular complexity index is 237. The van der Waals surface area contributed by atoms with Gasteiger partial charge >= 0.3 is 6.09 Å². The molecule has 1 aliphatic rings. The van der Waals surface area contributed by atoms with Crippen LogP contribution >= 0.6 is 0 Å². The first-order chi connectivity index (χ1) is 6.72. The van der Waals surface area contributed by atoms with Gasteiger partial charge in [0.25, 0.3) is 0 Å². The minimum Gasteiger partial charge on any atom is -0.447 e. The highest BCUT2D eigenvalue weighted by Crippen LogP contribution is 2.04. The monoisotopic (exact) mass is 198 g/mol. The van der Waals surface area contributed by atoms with E-state index in [1.165, 1.54) is 0 Å². The summed E-state index contributed by atoms with van der Waals surface area (Å²) in [5.74, 6) is 2.56. The van der Waals surface area contributed by atoms with Gasteiger partial charge in [0.05, 0.1) is 13.2 Å². The van der Waals surface area contributed by atoms with Crippen molar-refractivity contribution in [3.05, 3.63) is 0 Å². The molecule has 0 saturated carbocycles. The number of primary amides is 1. The predicted octanol–water partition coefficient (Wildman–Crippen LogP) is -0.584. The number of carbonyl (C=O) groups is 1. The third-order valence-corrected chi connectivity index (χ3v) is 1.95. The van der Waals surface area contributed by atoms with Crippen molar-refractivity contribution in [3.63, 3.8) is 0 Å². The van der Waals surface area contributed by atoms with Gasteiger partial charge in [-0.05, 0) is 0 Å². The minimum absolute atomic E-state index is 0.121. The van der Waals surface area contributed by atoms with Crippen LogP contribution in [0.15, 0.2) is 0 Å². The number of terminal acetylenes is 1. The fraction of sp³-hybridized carbons (Fsp3) is 0.667. The van der Waals surface area contributed by atoms with E-state index in [4.69, 9.17) is 16.9 Å². The zero-order chi connectivity index (χ0) is 10.4. The van der Waals surface area contributed by atoms with Gasteiger partial charge in [-0.15, -0.1) is 6.42 Å². The number of morpholine rings is 1. The van der Waals surface area contributed by atoms with Gasteiger partial charge in [-0.3, -0.25) is 4.90 Å². The normalized spacial score (nSPS) is 22.6. The van der Waals surface area contributed by atoms with Crippen molar-refractivity contribution in [2.45, 2.75) is 6.10 Å². The second kappa shape index (κ2) is 5.47. The number of hydrogen-bond donors (Lipinski definition) is 1. The van der Waals surface area contributed by atoms with E-state index in [-0.39, 0.29) is 12.7 Å². The molecule has 1 aliphatic heterocycles. The van der Waals surface area contributed by atoms with Crippen LogP contribution < -0.4 is 5.73 Å². The van der Waals surface area contributed by atoms with E-state index in [1.54, 1.807) is 0 Å². The number of ether oxygens (including phenoxy) is 2. The maximum atomic E-state index is 10.3. The molecule has 1 atom stereocenters. The maximum Gasteiger partial charge on any atom is 0.404 e. The molecule has 14 heavy (non-hydrogen) atoms. The minimum atomic E-state index is -0.775. The third-order valence-electron chi connectivity index (χ3n) is 1.95. The largest absolute Gasteiger partial charge is 0.447 e. The number of carbonyl (C=O) groups excluding carboxylic acids is 1. The lowest BCUT2D eigenvalue weighted by Gasteiger charge is -2.30. The highest BCUT2D eigenvalue weighted by molar-refractivity contribution is 5.64. The van der Waals surface area contributed by atoms with Crippen LogP contribution in [0, 0.1) is 12.3 Å². The molecule has 0 aliphatic carbocycles. The van der Waals surface area contributed by atoms with Crippen LogP contribution in [-0.2, 0) is 9.47 Å². The summed E-state index contributed by atoms with van der Waals surface area (Å²) in [5.41, 5.74) is 4.84. The standard InChI is InChI=1S/C9H14N2O3/c1-2-3-11-4-5-13-8(6-11)7-14-9(10)12/h1,8H,3-7H2,(H2,10,12). The van der Waals surface area contributed by atoms with Crippen LogP contribution in [0.4, 0.5) is 4.79 Å². The Morgan fingerprint density at radius 1 is 1.79 bits per heavy atom. The van der Waals surface area contributed by atoms with Gasteiger partial charge in [0.2, 0.25) is 0 Å². The number of nitrogens with zero attached hydrogens (tertiary/aromatic N) is 1. The summed E-state index contributed by atoms with van der Waals surface area (Å²) in [6.45, 7) is 2.88. The van der Waals surface area contributed by atoms with Gasteiger partial charge in [-0.25, -0.2) is 4.79 Å². The fourth-order valence-corrected chi connectivity index (χ4v) is 1.33. The molecule has 0 spiro atoms. The van der Waals surface area contributed by atoms with Gasteiger partial charge in [-0.2, -0.15) is 0 Å². The van der Waals surface area contributed by atoms with Crippen LogP contribution in [-0.4, -0.2) is 49.9 Å². The van der Waals surface area contributed by atoms with E-state index >= 15 is 0 Å². The Morgan fingerprint density at radius 2 is 2.57 bits per heavy atom. The summed E-state index contributed by atoms with van der Waals surface area (Å²) in [6, 6.07) is 0. The van der Waals surface area contributed by atoms with Crippen LogP contribution in [0.3, 0.4) is 0 Å². The summed E-state index contributed by atoms with van der Waals surface area (Å²) in [6.07, 6.45) is 4.29. The first kappa shape index (κ1) is 10.8. The average Bonchev–Trinajstić information content (AvgIpc) is 2.16. The summed E-state index contributed by atoms with van der Waals surface area (Å²) < 4.78 is 10.0. The van der Waals surface area contributed by atoms with Gasteiger partial charge in [0.15, 0.2) is 0 Å². The highest BCUT2D eigenvalue weighted by atomic mass is 16.6. The molecule has 5 heteroatoms. The molecule has 5 nitrogen and oxygen atoms in total. The van der Waals surface area contributed by atoms with E-state index < -0.39 is 6.09 Å². The molecule has 1 rings (SSSR count). The van der Waals surface area contributed by atoms with Gasteiger partial charge in [0, 0.05) is 13.1 Å². The Labute approximate surface area is 83.1 Å². The molecule has 1 saturated heterocycles. The molecule has 0 radical (unpaired) electrons. The Morgan fingerprint density at radius 3 is 3.21 bits per heavy atom. The Balaban J connectivity index is 2.26. The van der Waals surface area contributed by atoms with Crippen LogP contribution in [0.2, 0.25) is 0 Å². The number of rotatable bonds is 3. The predicted molar refractivity (Wildman–Crippen MR) is 50.5 cm³/mol. The van der Waals surface area contributed by atoms with Gasteiger partial charge in [-0.1, -0.05) is 5.92 Å². The second-order valence-electron chi connectivity index (χ2n) is 3.06.